The number of nitrogens with one attached hydrogen (secondary N) is 2. The van der Waals surface area contributed by atoms with Gasteiger partial charge in [0.1, 0.15) is 11.9 Å². The first-order valence-electron chi connectivity index (χ1n) is 5.50. The van der Waals surface area contributed by atoms with Crippen molar-refractivity contribution in [2.75, 3.05) is 18.8 Å². The Labute approximate surface area is 95.3 Å². The molecular weight excluding hydrogens is 202 g/mol. The summed E-state index contributed by atoms with van der Waals surface area (Å²) >= 11 is 0. The van der Waals surface area contributed by atoms with E-state index in [0.717, 1.165) is 30.8 Å². The standard InChI is InChI=1S/C12H17N3O/c1-8(13)12-10(14)3-2-4-11(12)16-9-5-6-15-7-9/h2-4,9,13,15H,5-7,14H2,1H3. The van der Waals surface area contributed by atoms with Gasteiger partial charge in [-0.25, -0.2) is 0 Å². The van der Waals surface area contributed by atoms with Gasteiger partial charge in [-0.15, -0.1) is 0 Å². The zero-order valence-electron chi connectivity index (χ0n) is 9.42. The topological polar surface area (TPSA) is 71.1 Å². The molecule has 0 bridgehead atoms. The van der Waals surface area contributed by atoms with Crippen LogP contribution in [0.5, 0.6) is 5.75 Å². The van der Waals surface area contributed by atoms with Gasteiger partial charge >= 0.3 is 0 Å². The van der Waals surface area contributed by atoms with Crippen LogP contribution in [0.3, 0.4) is 0 Å². The number of anilines is 1. The highest BCUT2D eigenvalue weighted by Crippen LogP contribution is 2.26. The summed E-state index contributed by atoms with van der Waals surface area (Å²) in [6.07, 6.45) is 1.20. The molecule has 16 heavy (non-hydrogen) atoms. The molecule has 0 spiro atoms. The number of benzene rings is 1. The molecule has 4 heteroatoms. The maximum atomic E-state index is 7.72. The molecule has 0 amide bonds. The van der Waals surface area contributed by atoms with E-state index in [2.05, 4.69) is 5.32 Å². The van der Waals surface area contributed by atoms with Crippen molar-refractivity contribution in [3.05, 3.63) is 23.8 Å². The summed E-state index contributed by atoms with van der Waals surface area (Å²) in [5, 5.41) is 11.0. The third kappa shape index (κ3) is 2.17. The maximum Gasteiger partial charge on any atom is 0.130 e. The third-order valence-electron chi connectivity index (χ3n) is 2.74. The fourth-order valence-electron chi connectivity index (χ4n) is 1.96. The molecule has 1 aliphatic heterocycles. The SMILES string of the molecule is CC(=N)c1c(N)cccc1OC1CCNC1. The molecule has 4 nitrogen and oxygen atoms in total. The predicted octanol–water partition coefficient (Wildman–Crippen LogP) is 1.40. The zero-order chi connectivity index (χ0) is 11.5. The summed E-state index contributed by atoms with van der Waals surface area (Å²) in [6, 6.07) is 5.54. The van der Waals surface area contributed by atoms with Gasteiger partial charge in [0.25, 0.3) is 0 Å². The van der Waals surface area contributed by atoms with Gasteiger partial charge in [-0.1, -0.05) is 6.07 Å². The van der Waals surface area contributed by atoms with E-state index in [9.17, 15) is 0 Å². The number of hydrogen-bond donors (Lipinski definition) is 3. The number of rotatable bonds is 3. The van der Waals surface area contributed by atoms with Crippen LogP contribution in [0, 0.1) is 5.41 Å². The van der Waals surface area contributed by atoms with E-state index in [1.165, 1.54) is 0 Å². The molecule has 86 valence electrons. The second kappa shape index (κ2) is 4.53. The Morgan fingerprint density at radius 2 is 2.38 bits per heavy atom. The first-order valence-corrected chi connectivity index (χ1v) is 5.50. The molecule has 1 aromatic carbocycles. The van der Waals surface area contributed by atoms with E-state index in [1.807, 2.05) is 12.1 Å². The van der Waals surface area contributed by atoms with Crippen molar-refractivity contribution in [2.24, 2.45) is 0 Å². The van der Waals surface area contributed by atoms with Crippen LogP contribution >= 0.6 is 0 Å². The minimum atomic E-state index is 0.194. The van der Waals surface area contributed by atoms with Gasteiger partial charge in [0.2, 0.25) is 0 Å². The lowest BCUT2D eigenvalue weighted by Crippen LogP contribution is -2.20. The second-order valence-electron chi connectivity index (χ2n) is 4.08. The minimum absolute atomic E-state index is 0.194. The fraction of sp³-hybridized carbons (Fsp3) is 0.417. The highest BCUT2D eigenvalue weighted by atomic mass is 16.5. The van der Waals surface area contributed by atoms with Gasteiger partial charge in [0, 0.05) is 17.9 Å². The molecule has 1 atom stereocenters. The number of ether oxygens (including phenoxy) is 1. The monoisotopic (exact) mass is 219 g/mol. The van der Waals surface area contributed by atoms with Crippen molar-refractivity contribution in [3.8, 4) is 5.75 Å². The average Bonchev–Trinajstić information content (AvgIpc) is 2.70. The van der Waals surface area contributed by atoms with Crippen LogP contribution in [0.25, 0.3) is 0 Å². The van der Waals surface area contributed by atoms with E-state index in [0.29, 0.717) is 11.4 Å². The Hall–Kier alpha value is -1.55. The number of nitrogen functional groups attached to an aromatic ring is 1. The summed E-state index contributed by atoms with van der Waals surface area (Å²) in [6.45, 7) is 3.59. The lowest BCUT2D eigenvalue weighted by molar-refractivity contribution is 0.223. The van der Waals surface area contributed by atoms with Gasteiger partial charge in [-0.3, -0.25) is 0 Å². The Balaban J connectivity index is 2.25. The van der Waals surface area contributed by atoms with Crippen LogP contribution in [0.1, 0.15) is 18.9 Å². The van der Waals surface area contributed by atoms with Crippen LogP contribution in [0.2, 0.25) is 0 Å². The Bertz CT molecular complexity index is 397. The lowest BCUT2D eigenvalue weighted by atomic mass is 10.1. The molecule has 4 N–H and O–H groups in total. The number of hydrogen-bond acceptors (Lipinski definition) is 4. The van der Waals surface area contributed by atoms with E-state index in [4.69, 9.17) is 15.9 Å². The van der Waals surface area contributed by atoms with Crippen molar-refractivity contribution in [3.63, 3.8) is 0 Å². The molecule has 0 aliphatic carbocycles. The summed E-state index contributed by atoms with van der Waals surface area (Å²) < 4.78 is 5.87. The molecule has 0 radical (unpaired) electrons. The highest BCUT2D eigenvalue weighted by molar-refractivity contribution is 6.03. The zero-order valence-corrected chi connectivity index (χ0v) is 9.42. The normalized spacial score (nSPS) is 19.7. The molecule has 2 rings (SSSR count). The number of nitrogens with two attached hydrogens (primary N) is 1. The smallest absolute Gasteiger partial charge is 0.130 e. The Morgan fingerprint density at radius 1 is 1.56 bits per heavy atom. The molecule has 1 saturated heterocycles. The van der Waals surface area contributed by atoms with Crippen LogP contribution in [-0.2, 0) is 0 Å². The van der Waals surface area contributed by atoms with Crippen molar-refractivity contribution in [1.82, 2.24) is 5.32 Å². The predicted molar refractivity (Wildman–Crippen MR) is 65.3 cm³/mol. The van der Waals surface area contributed by atoms with E-state index >= 15 is 0 Å². The molecule has 1 aliphatic rings. The summed E-state index contributed by atoms with van der Waals surface area (Å²) in [5.41, 5.74) is 7.63. The van der Waals surface area contributed by atoms with Crippen molar-refractivity contribution < 1.29 is 4.74 Å². The van der Waals surface area contributed by atoms with Crippen molar-refractivity contribution >= 4 is 11.4 Å². The second-order valence-corrected chi connectivity index (χ2v) is 4.08. The molecule has 1 heterocycles. The van der Waals surface area contributed by atoms with E-state index in [1.54, 1.807) is 13.0 Å². The minimum Gasteiger partial charge on any atom is -0.488 e. The Morgan fingerprint density at radius 3 is 3.00 bits per heavy atom. The van der Waals surface area contributed by atoms with Crippen LogP contribution in [0.4, 0.5) is 5.69 Å². The maximum absolute atomic E-state index is 7.72. The summed E-state index contributed by atoms with van der Waals surface area (Å²) in [5.74, 6) is 0.723. The molecule has 1 aromatic rings. The largest absolute Gasteiger partial charge is 0.488 e. The van der Waals surface area contributed by atoms with E-state index in [-0.39, 0.29) is 6.10 Å². The lowest BCUT2D eigenvalue weighted by Gasteiger charge is -2.16. The Kier molecular flexibility index (Phi) is 3.10. The van der Waals surface area contributed by atoms with Crippen LogP contribution in [0.15, 0.2) is 18.2 Å². The fourth-order valence-corrected chi connectivity index (χ4v) is 1.96. The average molecular weight is 219 g/mol. The van der Waals surface area contributed by atoms with Crippen LogP contribution in [-0.4, -0.2) is 24.9 Å². The van der Waals surface area contributed by atoms with Gasteiger partial charge < -0.3 is 21.2 Å². The van der Waals surface area contributed by atoms with Gasteiger partial charge in [-0.05, 0) is 32.0 Å². The molecule has 1 unspecified atom stereocenters. The van der Waals surface area contributed by atoms with Crippen molar-refractivity contribution in [2.45, 2.75) is 19.4 Å². The van der Waals surface area contributed by atoms with Gasteiger partial charge in [0.15, 0.2) is 0 Å². The summed E-state index contributed by atoms with van der Waals surface area (Å²) in [4.78, 5) is 0. The first-order chi connectivity index (χ1) is 7.68. The van der Waals surface area contributed by atoms with Gasteiger partial charge in [0.05, 0.1) is 5.56 Å². The van der Waals surface area contributed by atoms with Crippen LogP contribution < -0.4 is 15.8 Å². The third-order valence-corrected chi connectivity index (χ3v) is 2.74. The molecule has 0 aromatic heterocycles. The summed E-state index contributed by atoms with van der Waals surface area (Å²) in [7, 11) is 0. The van der Waals surface area contributed by atoms with E-state index < -0.39 is 0 Å². The van der Waals surface area contributed by atoms with Crippen molar-refractivity contribution in [1.29, 1.82) is 5.41 Å². The van der Waals surface area contributed by atoms with Gasteiger partial charge in [-0.2, -0.15) is 0 Å². The first kappa shape index (κ1) is 11.0. The molecule has 0 saturated carbocycles. The molecular formula is C12H17N3O. The highest BCUT2D eigenvalue weighted by Gasteiger charge is 2.18. The quantitative estimate of drug-likeness (QED) is 0.531. The molecule has 1 fully saturated rings.